The second kappa shape index (κ2) is 5.13. The Morgan fingerprint density at radius 2 is 1.88 bits per heavy atom. The third-order valence-electron chi connectivity index (χ3n) is 2.35. The summed E-state index contributed by atoms with van der Waals surface area (Å²) < 4.78 is 5.29. The molecule has 0 saturated heterocycles. The Morgan fingerprint density at radius 1 is 1.31 bits per heavy atom. The van der Waals surface area contributed by atoms with Crippen molar-refractivity contribution in [2.75, 3.05) is 24.7 Å². The van der Waals surface area contributed by atoms with Gasteiger partial charge in [-0.05, 0) is 26.0 Å². The van der Waals surface area contributed by atoms with Crippen LogP contribution in [0.3, 0.4) is 0 Å². The summed E-state index contributed by atoms with van der Waals surface area (Å²) in [5.74, 6) is 0. The number of halogens is 2. The summed E-state index contributed by atoms with van der Waals surface area (Å²) >= 11 is 11.7. The van der Waals surface area contributed by atoms with Crippen LogP contribution in [0.2, 0.25) is 10.0 Å². The maximum atomic E-state index is 5.91. The van der Waals surface area contributed by atoms with Gasteiger partial charge in [0.05, 0.1) is 27.0 Å². The average Bonchev–Trinajstić information content (AvgIpc) is 2.22. The molecule has 3 nitrogen and oxygen atoms in total. The van der Waals surface area contributed by atoms with Crippen LogP contribution < -0.4 is 11.1 Å². The molecule has 0 spiro atoms. The Balaban J connectivity index is 2.79. The second-order valence-electron chi connectivity index (χ2n) is 4.17. The molecule has 1 aromatic rings. The maximum absolute atomic E-state index is 5.91. The van der Waals surface area contributed by atoms with E-state index < -0.39 is 0 Å². The van der Waals surface area contributed by atoms with Crippen LogP contribution in [-0.4, -0.2) is 19.3 Å². The van der Waals surface area contributed by atoms with Crippen LogP contribution in [-0.2, 0) is 4.74 Å². The number of rotatable bonds is 4. The lowest BCUT2D eigenvalue weighted by Crippen LogP contribution is -2.32. The SMILES string of the molecule is COC(C)(C)CNc1cc(Cl)c(Cl)cc1N. The third kappa shape index (κ3) is 3.44. The zero-order chi connectivity index (χ0) is 12.3. The number of benzene rings is 1. The molecule has 0 atom stereocenters. The van der Waals surface area contributed by atoms with Crippen molar-refractivity contribution in [1.29, 1.82) is 0 Å². The van der Waals surface area contributed by atoms with Crippen molar-refractivity contribution in [2.45, 2.75) is 19.4 Å². The molecule has 3 N–H and O–H groups in total. The highest BCUT2D eigenvalue weighted by molar-refractivity contribution is 6.42. The lowest BCUT2D eigenvalue weighted by molar-refractivity contribution is 0.0344. The van der Waals surface area contributed by atoms with Crippen LogP contribution in [0.1, 0.15) is 13.8 Å². The maximum Gasteiger partial charge on any atom is 0.0794 e. The van der Waals surface area contributed by atoms with Gasteiger partial charge in [0, 0.05) is 13.7 Å². The highest BCUT2D eigenvalue weighted by Crippen LogP contribution is 2.30. The zero-order valence-corrected chi connectivity index (χ0v) is 11.1. The van der Waals surface area contributed by atoms with Crippen LogP contribution in [0, 0.1) is 0 Å². The van der Waals surface area contributed by atoms with Gasteiger partial charge in [0.25, 0.3) is 0 Å². The Labute approximate surface area is 106 Å². The largest absolute Gasteiger partial charge is 0.397 e. The molecule has 5 heteroatoms. The van der Waals surface area contributed by atoms with Gasteiger partial charge >= 0.3 is 0 Å². The van der Waals surface area contributed by atoms with Crippen molar-refractivity contribution in [3.63, 3.8) is 0 Å². The van der Waals surface area contributed by atoms with Crippen LogP contribution in [0.25, 0.3) is 0 Å². The van der Waals surface area contributed by atoms with E-state index >= 15 is 0 Å². The molecule has 0 aliphatic heterocycles. The molecule has 0 bridgehead atoms. The molecular weight excluding hydrogens is 247 g/mol. The molecule has 0 aromatic heterocycles. The molecule has 0 amide bonds. The molecule has 1 aromatic carbocycles. The first-order valence-electron chi connectivity index (χ1n) is 4.89. The predicted molar refractivity (Wildman–Crippen MR) is 70.5 cm³/mol. The number of ether oxygens (including phenoxy) is 1. The standard InChI is InChI=1S/C11H16Cl2N2O/c1-11(2,16-3)6-15-10-5-8(13)7(12)4-9(10)14/h4-5,15H,6,14H2,1-3H3. The number of nitrogen functional groups attached to an aromatic ring is 1. The van der Waals surface area contributed by atoms with Gasteiger partial charge in [0.15, 0.2) is 0 Å². The van der Waals surface area contributed by atoms with E-state index in [9.17, 15) is 0 Å². The lowest BCUT2D eigenvalue weighted by atomic mass is 10.1. The van der Waals surface area contributed by atoms with Crippen molar-refractivity contribution in [1.82, 2.24) is 0 Å². The van der Waals surface area contributed by atoms with Crippen LogP contribution >= 0.6 is 23.2 Å². The van der Waals surface area contributed by atoms with Gasteiger partial charge in [-0.1, -0.05) is 23.2 Å². The Morgan fingerprint density at radius 3 is 2.44 bits per heavy atom. The quantitative estimate of drug-likeness (QED) is 0.818. The Bertz CT molecular complexity index is 380. The van der Waals surface area contributed by atoms with Crippen molar-refractivity contribution >= 4 is 34.6 Å². The monoisotopic (exact) mass is 262 g/mol. The minimum absolute atomic E-state index is 0.265. The highest BCUT2D eigenvalue weighted by Gasteiger charge is 2.16. The summed E-state index contributed by atoms with van der Waals surface area (Å²) in [5.41, 5.74) is 6.88. The van der Waals surface area contributed by atoms with Gasteiger partial charge in [0.1, 0.15) is 0 Å². The number of nitrogens with one attached hydrogen (secondary N) is 1. The molecular formula is C11H16Cl2N2O. The topological polar surface area (TPSA) is 47.3 Å². The summed E-state index contributed by atoms with van der Waals surface area (Å²) in [5, 5.41) is 4.11. The van der Waals surface area contributed by atoms with Crippen LogP contribution in [0.5, 0.6) is 0 Å². The molecule has 0 radical (unpaired) electrons. The summed E-state index contributed by atoms with van der Waals surface area (Å²) in [7, 11) is 1.67. The molecule has 0 unspecified atom stereocenters. The number of methoxy groups -OCH3 is 1. The van der Waals surface area contributed by atoms with Crippen molar-refractivity contribution < 1.29 is 4.74 Å². The van der Waals surface area contributed by atoms with Crippen LogP contribution in [0.15, 0.2) is 12.1 Å². The van der Waals surface area contributed by atoms with Gasteiger partial charge in [0.2, 0.25) is 0 Å². The van der Waals surface area contributed by atoms with E-state index in [-0.39, 0.29) is 5.60 Å². The van der Waals surface area contributed by atoms with E-state index in [0.29, 0.717) is 22.3 Å². The highest BCUT2D eigenvalue weighted by atomic mass is 35.5. The summed E-state index contributed by atoms with van der Waals surface area (Å²) in [6.45, 7) is 4.59. The molecule has 0 aliphatic rings. The van der Waals surface area contributed by atoms with E-state index in [4.69, 9.17) is 33.7 Å². The van der Waals surface area contributed by atoms with Gasteiger partial charge in [-0.3, -0.25) is 0 Å². The first-order valence-corrected chi connectivity index (χ1v) is 5.65. The van der Waals surface area contributed by atoms with Gasteiger partial charge < -0.3 is 15.8 Å². The van der Waals surface area contributed by atoms with Gasteiger partial charge in [-0.2, -0.15) is 0 Å². The molecule has 0 fully saturated rings. The normalized spacial score (nSPS) is 11.6. The number of hydrogen-bond donors (Lipinski definition) is 2. The van der Waals surface area contributed by atoms with E-state index in [1.807, 2.05) is 13.8 Å². The summed E-state index contributed by atoms with van der Waals surface area (Å²) in [6.07, 6.45) is 0. The smallest absolute Gasteiger partial charge is 0.0794 e. The van der Waals surface area contributed by atoms with Crippen LogP contribution in [0.4, 0.5) is 11.4 Å². The minimum atomic E-state index is -0.265. The fourth-order valence-electron chi connectivity index (χ4n) is 1.10. The second-order valence-corrected chi connectivity index (χ2v) is 4.99. The van der Waals surface area contributed by atoms with Crippen molar-refractivity contribution in [3.8, 4) is 0 Å². The summed E-state index contributed by atoms with van der Waals surface area (Å²) in [4.78, 5) is 0. The first kappa shape index (κ1) is 13.4. The van der Waals surface area contributed by atoms with Gasteiger partial charge in [-0.25, -0.2) is 0 Å². The average molecular weight is 263 g/mol. The number of nitrogens with two attached hydrogens (primary N) is 1. The number of hydrogen-bond acceptors (Lipinski definition) is 3. The minimum Gasteiger partial charge on any atom is -0.397 e. The summed E-state index contributed by atoms with van der Waals surface area (Å²) in [6, 6.07) is 3.34. The Kier molecular flexibility index (Phi) is 4.30. The fraction of sp³-hybridized carbons (Fsp3) is 0.455. The molecule has 0 aliphatic carbocycles. The van der Waals surface area contributed by atoms with E-state index in [1.54, 1.807) is 19.2 Å². The zero-order valence-electron chi connectivity index (χ0n) is 9.60. The third-order valence-corrected chi connectivity index (χ3v) is 3.07. The molecule has 0 heterocycles. The van der Waals surface area contributed by atoms with Crippen molar-refractivity contribution in [2.24, 2.45) is 0 Å². The van der Waals surface area contributed by atoms with E-state index in [1.165, 1.54) is 0 Å². The van der Waals surface area contributed by atoms with Crippen molar-refractivity contribution in [3.05, 3.63) is 22.2 Å². The Hall–Kier alpha value is -0.640. The van der Waals surface area contributed by atoms with E-state index in [2.05, 4.69) is 5.32 Å². The molecule has 90 valence electrons. The molecule has 0 saturated carbocycles. The molecule has 16 heavy (non-hydrogen) atoms. The number of anilines is 2. The fourth-order valence-corrected chi connectivity index (χ4v) is 1.43. The molecule has 1 rings (SSSR count). The van der Waals surface area contributed by atoms with E-state index in [0.717, 1.165) is 5.69 Å². The lowest BCUT2D eigenvalue weighted by Gasteiger charge is -2.24. The first-order chi connectivity index (χ1) is 7.35. The predicted octanol–water partition coefficient (Wildman–Crippen LogP) is 3.41. The van der Waals surface area contributed by atoms with Gasteiger partial charge in [-0.15, -0.1) is 0 Å².